The number of carboxylic acids is 1. The average Bonchev–Trinajstić information content (AvgIpc) is 2.14. The van der Waals surface area contributed by atoms with Gasteiger partial charge in [-0.1, -0.05) is 33.8 Å². The summed E-state index contributed by atoms with van der Waals surface area (Å²) in [6, 6.07) is 0. The van der Waals surface area contributed by atoms with Crippen LogP contribution in [0.5, 0.6) is 0 Å². The van der Waals surface area contributed by atoms with E-state index in [1.807, 2.05) is 27.7 Å². The Kier molecular flexibility index (Phi) is 7.49. The van der Waals surface area contributed by atoms with Gasteiger partial charge in [0.1, 0.15) is 0 Å². The first-order valence-electron chi connectivity index (χ1n) is 6.36. The number of hydrogen-bond acceptors (Lipinski definition) is 3. The molecule has 0 radical (unpaired) electrons. The van der Waals surface area contributed by atoms with Gasteiger partial charge < -0.3 is 9.63 Å². The third-order valence-corrected chi connectivity index (χ3v) is 5.07. The second-order valence-electron chi connectivity index (χ2n) is 5.21. The summed E-state index contributed by atoms with van der Waals surface area (Å²) < 4.78 is 17.9. The molecule has 1 atom stereocenters. The van der Waals surface area contributed by atoms with E-state index >= 15 is 0 Å². The van der Waals surface area contributed by atoms with Gasteiger partial charge in [-0.25, -0.2) is 4.79 Å². The highest BCUT2D eigenvalue weighted by molar-refractivity contribution is 7.59. The molecule has 0 heterocycles. The number of carbonyl (C=O) groups is 1. The van der Waals surface area contributed by atoms with E-state index in [4.69, 9.17) is 9.63 Å². The molecule has 5 heteroatoms. The molecule has 18 heavy (non-hydrogen) atoms. The van der Waals surface area contributed by atoms with Crippen LogP contribution < -0.4 is 0 Å². The average molecular weight is 276 g/mol. The number of rotatable bonds is 8. The lowest BCUT2D eigenvalue weighted by Gasteiger charge is -2.20. The Labute approximate surface area is 110 Å². The van der Waals surface area contributed by atoms with E-state index in [0.717, 1.165) is 0 Å². The molecule has 0 aromatic heterocycles. The van der Waals surface area contributed by atoms with Crippen molar-refractivity contribution in [1.29, 1.82) is 0 Å². The quantitative estimate of drug-likeness (QED) is 0.543. The normalized spacial score (nSPS) is 16.1. The van der Waals surface area contributed by atoms with Gasteiger partial charge in [-0.3, -0.25) is 4.57 Å². The number of allylic oxidation sites excluding steroid dienone is 1. The summed E-state index contributed by atoms with van der Waals surface area (Å²) in [6.45, 7) is 9.84. The summed E-state index contributed by atoms with van der Waals surface area (Å²) in [5.74, 6) is -0.672. The predicted molar refractivity (Wildman–Crippen MR) is 74.4 cm³/mol. The molecule has 0 aliphatic heterocycles. The fourth-order valence-electron chi connectivity index (χ4n) is 1.81. The molecule has 1 N–H and O–H groups in total. The topological polar surface area (TPSA) is 63.6 Å². The zero-order valence-electron chi connectivity index (χ0n) is 12.0. The van der Waals surface area contributed by atoms with E-state index in [1.165, 1.54) is 0 Å². The lowest BCUT2D eigenvalue weighted by molar-refractivity contribution is -0.132. The minimum absolute atomic E-state index is 0.0204. The van der Waals surface area contributed by atoms with E-state index < -0.39 is 13.3 Å². The first kappa shape index (κ1) is 17.4. The summed E-state index contributed by atoms with van der Waals surface area (Å²) in [5.41, 5.74) is 0.197. The Bertz CT molecular complexity index is 345. The Morgan fingerprint density at radius 3 is 2.22 bits per heavy atom. The van der Waals surface area contributed by atoms with Crippen LogP contribution in [0.3, 0.4) is 0 Å². The fraction of sp³-hybridized carbons (Fsp3) is 0.769. The molecule has 0 saturated heterocycles. The smallest absolute Gasteiger partial charge is 0.331 e. The monoisotopic (exact) mass is 276 g/mol. The highest BCUT2D eigenvalue weighted by atomic mass is 31.2. The number of carboxylic acid groups (broad SMARTS) is 1. The van der Waals surface area contributed by atoms with Crippen LogP contribution in [0.4, 0.5) is 0 Å². The lowest BCUT2D eigenvalue weighted by Crippen LogP contribution is -2.12. The minimum atomic E-state index is -2.89. The van der Waals surface area contributed by atoms with Crippen molar-refractivity contribution in [2.45, 2.75) is 34.6 Å². The Morgan fingerprint density at radius 1 is 1.33 bits per heavy atom. The second-order valence-corrected chi connectivity index (χ2v) is 7.78. The molecule has 0 aromatic carbocycles. The van der Waals surface area contributed by atoms with E-state index in [1.54, 1.807) is 13.0 Å². The summed E-state index contributed by atoms with van der Waals surface area (Å²) >= 11 is 0. The van der Waals surface area contributed by atoms with Crippen molar-refractivity contribution in [3.63, 3.8) is 0 Å². The minimum Gasteiger partial charge on any atom is -0.478 e. The molecule has 4 nitrogen and oxygen atoms in total. The zero-order valence-corrected chi connectivity index (χ0v) is 12.9. The summed E-state index contributed by atoms with van der Waals surface area (Å²) in [6.07, 6.45) is 2.09. The molecule has 106 valence electrons. The van der Waals surface area contributed by atoms with E-state index in [2.05, 4.69) is 0 Å². The van der Waals surface area contributed by atoms with Crippen molar-refractivity contribution in [3.05, 3.63) is 11.6 Å². The third kappa shape index (κ3) is 6.97. The molecule has 0 aliphatic carbocycles. The third-order valence-electron chi connectivity index (χ3n) is 2.23. The maximum Gasteiger partial charge on any atom is 0.331 e. The second kappa shape index (κ2) is 7.75. The van der Waals surface area contributed by atoms with Crippen LogP contribution in [-0.2, 0) is 13.9 Å². The first-order chi connectivity index (χ1) is 8.20. The number of aliphatic carboxylic acids is 1. The Morgan fingerprint density at radius 2 is 1.89 bits per heavy atom. The summed E-state index contributed by atoms with van der Waals surface area (Å²) in [7, 11) is -2.89. The molecular weight excluding hydrogens is 251 g/mol. The van der Waals surface area contributed by atoms with Crippen LogP contribution in [0.25, 0.3) is 0 Å². The van der Waals surface area contributed by atoms with Gasteiger partial charge in [0, 0.05) is 11.7 Å². The molecule has 0 rings (SSSR count). The Hall–Kier alpha value is -0.600. The van der Waals surface area contributed by atoms with E-state index in [9.17, 15) is 9.36 Å². The van der Waals surface area contributed by atoms with Gasteiger partial charge in [-0.15, -0.1) is 0 Å². The Balaban J connectivity index is 5.04. The fourth-order valence-corrected chi connectivity index (χ4v) is 4.48. The SMILES string of the molecule is CCOP(=O)(C/C(=C\C(C)C)C(=O)O)CC(C)C. The molecule has 1 unspecified atom stereocenters. The van der Waals surface area contributed by atoms with Crippen LogP contribution in [0.15, 0.2) is 11.6 Å². The molecular formula is C13H25O4P. The van der Waals surface area contributed by atoms with Crippen LogP contribution in [-0.4, -0.2) is 30.0 Å². The van der Waals surface area contributed by atoms with Crippen molar-refractivity contribution in [1.82, 2.24) is 0 Å². The van der Waals surface area contributed by atoms with Gasteiger partial charge >= 0.3 is 5.97 Å². The van der Waals surface area contributed by atoms with Gasteiger partial charge in [0.05, 0.1) is 12.8 Å². The first-order valence-corrected chi connectivity index (χ1v) is 8.36. The van der Waals surface area contributed by atoms with Crippen molar-refractivity contribution in [2.75, 3.05) is 18.9 Å². The maximum atomic E-state index is 12.6. The highest BCUT2D eigenvalue weighted by Gasteiger charge is 2.28. The lowest BCUT2D eigenvalue weighted by atomic mass is 10.1. The largest absolute Gasteiger partial charge is 0.478 e. The standard InChI is InChI=1S/C13H25O4P/c1-6-17-18(16,8-11(4)5)9-12(13(14)15)7-10(2)3/h7,10-11H,6,8-9H2,1-5H3,(H,14,15)/b12-7+. The van der Waals surface area contributed by atoms with Crippen LogP contribution in [0, 0.1) is 11.8 Å². The van der Waals surface area contributed by atoms with Gasteiger partial charge in [0.15, 0.2) is 0 Å². The van der Waals surface area contributed by atoms with Gasteiger partial charge in [-0.05, 0) is 18.8 Å². The van der Waals surface area contributed by atoms with Crippen molar-refractivity contribution >= 4 is 13.3 Å². The van der Waals surface area contributed by atoms with Gasteiger partial charge in [-0.2, -0.15) is 0 Å². The van der Waals surface area contributed by atoms with Crippen molar-refractivity contribution in [2.24, 2.45) is 11.8 Å². The van der Waals surface area contributed by atoms with Crippen LogP contribution in [0.1, 0.15) is 34.6 Å². The summed E-state index contributed by atoms with van der Waals surface area (Å²) in [5, 5.41) is 9.14. The van der Waals surface area contributed by atoms with E-state index in [0.29, 0.717) is 12.8 Å². The van der Waals surface area contributed by atoms with Crippen LogP contribution in [0.2, 0.25) is 0 Å². The molecule has 0 spiro atoms. The molecule has 0 amide bonds. The molecule has 0 aliphatic rings. The van der Waals surface area contributed by atoms with Gasteiger partial charge in [0.2, 0.25) is 7.37 Å². The maximum absolute atomic E-state index is 12.6. The van der Waals surface area contributed by atoms with Crippen LogP contribution >= 0.6 is 7.37 Å². The van der Waals surface area contributed by atoms with E-state index in [-0.39, 0.29) is 23.6 Å². The zero-order chi connectivity index (χ0) is 14.3. The highest BCUT2D eigenvalue weighted by Crippen LogP contribution is 2.50. The molecule has 0 saturated carbocycles. The van der Waals surface area contributed by atoms with Crippen molar-refractivity contribution in [3.8, 4) is 0 Å². The number of hydrogen-bond donors (Lipinski definition) is 1. The molecule has 0 bridgehead atoms. The molecule has 0 aromatic rings. The van der Waals surface area contributed by atoms with Gasteiger partial charge in [0.25, 0.3) is 0 Å². The summed E-state index contributed by atoms with van der Waals surface area (Å²) in [4.78, 5) is 11.2. The van der Waals surface area contributed by atoms with Crippen molar-refractivity contribution < 1.29 is 19.0 Å². The molecule has 0 fully saturated rings. The predicted octanol–water partition coefficient (Wildman–Crippen LogP) is 3.62.